The first-order chi connectivity index (χ1) is 9.31. The number of ether oxygens (including phenoxy) is 1. The number of nitrogens with one attached hydrogen (secondary N) is 1. The Morgan fingerprint density at radius 1 is 1.47 bits per heavy atom. The Hall–Kier alpha value is -1.59. The fourth-order valence-corrected chi connectivity index (χ4v) is 2.33. The second-order valence-corrected chi connectivity index (χ2v) is 4.81. The van der Waals surface area contributed by atoms with Gasteiger partial charge in [0.05, 0.1) is 12.5 Å². The number of oxime groups is 1. The van der Waals surface area contributed by atoms with Crippen LogP contribution < -0.4 is 11.1 Å². The average Bonchev–Trinajstić information content (AvgIpc) is 2.49. The van der Waals surface area contributed by atoms with Crippen LogP contribution in [0.4, 0.5) is 0 Å². The Labute approximate surface area is 113 Å². The first kappa shape index (κ1) is 13.8. The number of amidine groups is 1. The molecule has 1 saturated heterocycles. The molecule has 0 aromatic heterocycles. The normalized spacial score (nSPS) is 22.1. The molecule has 19 heavy (non-hydrogen) atoms. The summed E-state index contributed by atoms with van der Waals surface area (Å²) in [5.74, 6) is 0.114. The van der Waals surface area contributed by atoms with Crippen LogP contribution in [0.3, 0.4) is 0 Å². The van der Waals surface area contributed by atoms with Crippen molar-refractivity contribution in [2.75, 3.05) is 19.8 Å². The van der Waals surface area contributed by atoms with Crippen molar-refractivity contribution in [3.8, 4) is 0 Å². The lowest BCUT2D eigenvalue weighted by atomic mass is 9.97. The summed E-state index contributed by atoms with van der Waals surface area (Å²) < 4.78 is 5.43. The highest BCUT2D eigenvalue weighted by Crippen LogP contribution is 2.16. The van der Waals surface area contributed by atoms with Crippen LogP contribution in [0.25, 0.3) is 0 Å². The predicted octanol–water partition coefficient (Wildman–Crippen LogP) is 1.29. The molecular formula is C14H21N3O2. The van der Waals surface area contributed by atoms with Crippen molar-refractivity contribution in [3.05, 3.63) is 35.9 Å². The summed E-state index contributed by atoms with van der Waals surface area (Å²) in [7, 11) is 0. The largest absolute Gasteiger partial charge is 0.409 e. The molecule has 0 saturated carbocycles. The van der Waals surface area contributed by atoms with E-state index in [-0.39, 0.29) is 11.8 Å². The van der Waals surface area contributed by atoms with Crippen molar-refractivity contribution in [1.82, 2.24) is 5.32 Å². The predicted molar refractivity (Wildman–Crippen MR) is 74.4 cm³/mol. The molecule has 0 spiro atoms. The zero-order valence-corrected chi connectivity index (χ0v) is 11.0. The Kier molecular flexibility index (Phi) is 5.18. The minimum Gasteiger partial charge on any atom is -0.409 e. The van der Waals surface area contributed by atoms with Crippen LogP contribution in [0.15, 0.2) is 35.5 Å². The molecule has 4 N–H and O–H groups in total. The molecule has 1 heterocycles. The minimum absolute atomic E-state index is 0.117. The van der Waals surface area contributed by atoms with Crippen molar-refractivity contribution >= 4 is 5.84 Å². The summed E-state index contributed by atoms with van der Waals surface area (Å²) in [6.45, 7) is 2.23. The maximum atomic E-state index is 8.91. The number of nitrogens with zero attached hydrogens (tertiary/aromatic N) is 1. The molecule has 0 radical (unpaired) electrons. The molecule has 0 bridgehead atoms. The SMILES string of the molecule is NC(=NO)C(CNC1CCCOC1)c1ccccc1. The van der Waals surface area contributed by atoms with Gasteiger partial charge in [0.2, 0.25) is 0 Å². The van der Waals surface area contributed by atoms with E-state index in [1.165, 1.54) is 0 Å². The van der Waals surface area contributed by atoms with Crippen LogP contribution in [-0.4, -0.2) is 36.8 Å². The molecule has 5 heteroatoms. The van der Waals surface area contributed by atoms with E-state index in [4.69, 9.17) is 15.7 Å². The van der Waals surface area contributed by atoms with E-state index in [9.17, 15) is 0 Å². The molecule has 1 aromatic carbocycles. The molecule has 1 fully saturated rings. The standard InChI is InChI=1S/C14H21N3O2/c15-14(17-18)13(11-5-2-1-3-6-11)9-16-12-7-4-8-19-10-12/h1-3,5-6,12-13,16,18H,4,7-10H2,(H2,15,17). The number of hydrogen-bond donors (Lipinski definition) is 3. The third-order valence-corrected chi connectivity index (χ3v) is 3.45. The van der Waals surface area contributed by atoms with Gasteiger partial charge in [0.25, 0.3) is 0 Å². The maximum absolute atomic E-state index is 8.91. The summed E-state index contributed by atoms with van der Waals surface area (Å²) in [5.41, 5.74) is 6.84. The number of rotatable bonds is 5. The molecule has 2 rings (SSSR count). The fourth-order valence-electron chi connectivity index (χ4n) is 2.33. The maximum Gasteiger partial charge on any atom is 0.147 e. The van der Waals surface area contributed by atoms with E-state index < -0.39 is 0 Å². The second kappa shape index (κ2) is 7.11. The number of nitrogens with two attached hydrogens (primary N) is 1. The van der Waals surface area contributed by atoms with Gasteiger partial charge in [-0.2, -0.15) is 0 Å². The van der Waals surface area contributed by atoms with Crippen molar-refractivity contribution in [2.45, 2.75) is 24.8 Å². The van der Waals surface area contributed by atoms with Crippen LogP contribution in [0.5, 0.6) is 0 Å². The van der Waals surface area contributed by atoms with Crippen LogP contribution in [0, 0.1) is 0 Å². The van der Waals surface area contributed by atoms with Gasteiger partial charge in [0.1, 0.15) is 5.84 Å². The average molecular weight is 263 g/mol. The monoisotopic (exact) mass is 263 g/mol. The van der Waals surface area contributed by atoms with Crippen LogP contribution in [-0.2, 0) is 4.74 Å². The van der Waals surface area contributed by atoms with E-state index in [1.54, 1.807) is 0 Å². The van der Waals surface area contributed by atoms with Crippen molar-refractivity contribution in [2.24, 2.45) is 10.9 Å². The smallest absolute Gasteiger partial charge is 0.147 e. The van der Waals surface area contributed by atoms with E-state index >= 15 is 0 Å². The highest BCUT2D eigenvalue weighted by Gasteiger charge is 2.19. The van der Waals surface area contributed by atoms with Gasteiger partial charge < -0.3 is 21.0 Å². The Bertz CT molecular complexity index is 402. The van der Waals surface area contributed by atoms with Crippen LogP contribution in [0.1, 0.15) is 24.3 Å². The van der Waals surface area contributed by atoms with Crippen molar-refractivity contribution < 1.29 is 9.94 Å². The van der Waals surface area contributed by atoms with Crippen molar-refractivity contribution in [1.29, 1.82) is 0 Å². The zero-order chi connectivity index (χ0) is 13.5. The summed E-state index contributed by atoms with van der Waals surface area (Å²) in [4.78, 5) is 0. The van der Waals surface area contributed by atoms with Crippen molar-refractivity contribution in [3.63, 3.8) is 0 Å². The first-order valence-corrected chi connectivity index (χ1v) is 6.64. The molecule has 1 aliphatic heterocycles. The lowest BCUT2D eigenvalue weighted by molar-refractivity contribution is 0.0705. The second-order valence-electron chi connectivity index (χ2n) is 4.81. The van der Waals surface area contributed by atoms with Crippen LogP contribution >= 0.6 is 0 Å². The van der Waals surface area contributed by atoms with Gasteiger partial charge in [0, 0.05) is 19.2 Å². The topological polar surface area (TPSA) is 79.9 Å². The van der Waals surface area contributed by atoms with E-state index in [0.29, 0.717) is 12.6 Å². The van der Waals surface area contributed by atoms with Gasteiger partial charge in [-0.3, -0.25) is 0 Å². The Balaban J connectivity index is 1.98. The van der Waals surface area contributed by atoms with Gasteiger partial charge in [-0.25, -0.2) is 0 Å². The lowest BCUT2D eigenvalue weighted by Gasteiger charge is -2.25. The number of hydrogen-bond acceptors (Lipinski definition) is 4. The highest BCUT2D eigenvalue weighted by molar-refractivity contribution is 5.87. The molecule has 1 aliphatic rings. The lowest BCUT2D eigenvalue weighted by Crippen LogP contribution is -2.41. The minimum atomic E-state index is -0.117. The summed E-state index contributed by atoms with van der Waals surface area (Å²) in [6.07, 6.45) is 2.19. The summed E-state index contributed by atoms with van der Waals surface area (Å²) >= 11 is 0. The van der Waals surface area contributed by atoms with Crippen LogP contribution in [0.2, 0.25) is 0 Å². The fraction of sp³-hybridized carbons (Fsp3) is 0.500. The summed E-state index contributed by atoms with van der Waals surface area (Å²) in [5, 5.41) is 15.5. The molecule has 104 valence electrons. The third-order valence-electron chi connectivity index (χ3n) is 3.45. The van der Waals surface area contributed by atoms with Gasteiger partial charge in [-0.1, -0.05) is 35.5 Å². The van der Waals surface area contributed by atoms with Gasteiger partial charge in [0.15, 0.2) is 0 Å². The molecule has 2 unspecified atom stereocenters. The molecule has 0 aliphatic carbocycles. The molecule has 5 nitrogen and oxygen atoms in total. The quantitative estimate of drug-likeness (QED) is 0.324. The molecule has 2 atom stereocenters. The van der Waals surface area contributed by atoms with Gasteiger partial charge >= 0.3 is 0 Å². The Morgan fingerprint density at radius 2 is 2.26 bits per heavy atom. The van der Waals surface area contributed by atoms with Gasteiger partial charge in [-0.15, -0.1) is 0 Å². The highest BCUT2D eigenvalue weighted by atomic mass is 16.5. The van der Waals surface area contributed by atoms with E-state index in [1.807, 2.05) is 30.3 Å². The molecular weight excluding hydrogens is 242 g/mol. The molecule has 1 aromatic rings. The van der Waals surface area contributed by atoms with E-state index in [2.05, 4.69) is 10.5 Å². The zero-order valence-electron chi connectivity index (χ0n) is 11.0. The van der Waals surface area contributed by atoms with Gasteiger partial charge in [-0.05, 0) is 18.4 Å². The third kappa shape index (κ3) is 3.94. The summed E-state index contributed by atoms with van der Waals surface area (Å²) in [6, 6.07) is 10.2. The van der Waals surface area contributed by atoms with E-state index in [0.717, 1.165) is 31.6 Å². The Morgan fingerprint density at radius 3 is 2.89 bits per heavy atom. The number of benzene rings is 1. The molecule has 0 amide bonds. The first-order valence-electron chi connectivity index (χ1n) is 6.64.